The second-order valence-electron chi connectivity index (χ2n) is 5.73. The Morgan fingerprint density at radius 3 is 2.81 bits per heavy atom. The fourth-order valence-electron chi connectivity index (χ4n) is 2.68. The van der Waals surface area contributed by atoms with E-state index in [1.807, 2.05) is 31.2 Å². The quantitative estimate of drug-likeness (QED) is 0.795. The Balaban J connectivity index is 1.64. The van der Waals surface area contributed by atoms with E-state index in [0.29, 0.717) is 24.7 Å². The molecule has 1 saturated heterocycles. The van der Waals surface area contributed by atoms with Gasteiger partial charge in [0.2, 0.25) is 11.0 Å². The first-order chi connectivity index (χ1) is 12.6. The van der Waals surface area contributed by atoms with E-state index in [9.17, 15) is 9.59 Å². The molecule has 0 bridgehead atoms. The molecule has 9 heteroatoms. The molecule has 0 aliphatic carbocycles. The van der Waals surface area contributed by atoms with Crippen LogP contribution in [0.5, 0.6) is 5.75 Å². The van der Waals surface area contributed by atoms with Crippen LogP contribution in [0.25, 0.3) is 0 Å². The highest BCUT2D eigenvalue weighted by molar-refractivity contribution is 7.15. The number of carbonyl (C=O) groups is 2. The van der Waals surface area contributed by atoms with Crippen molar-refractivity contribution in [2.45, 2.75) is 19.3 Å². The van der Waals surface area contributed by atoms with Crippen molar-refractivity contribution in [1.29, 1.82) is 0 Å². The van der Waals surface area contributed by atoms with E-state index in [0.717, 1.165) is 16.4 Å². The maximum absolute atomic E-state index is 12.4. The van der Waals surface area contributed by atoms with E-state index in [4.69, 9.17) is 9.47 Å². The number of nitrogens with zero attached hydrogens (tertiary/aromatic N) is 3. The third-order valence-corrected chi connectivity index (χ3v) is 4.98. The van der Waals surface area contributed by atoms with Crippen LogP contribution in [0.15, 0.2) is 24.3 Å². The Bertz CT molecular complexity index is 777. The molecule has 1 aromatic heterocycles. The van der Waals surface area contributed by atoms with E-state index in [2.05, 4.69) is 15.5 Å². The van der Waals surface area contributed by atoms with E-state index in [1.165, 1.54) is 11.3 Å². The summed E-state index contributed by atoms with van der Waals surface area (Å²) in [5.41, 5.74) is 0.827. The van der Waals surface area contributed by atoms with Gasteiger partial charge in [-0.2, -0.15) is 0 Å². The third kappa shape index (κ3) is 4.17. The molecule has 0 radical (unpaired) electrons. The number of rotatable bonds is 7. The first kappa shape index (κ1) is 18.3. The zero-order valence-electron chi connectivity index (χ0n) is 14.6. The van der Waals surface area contributed by atoms with Crippen LogP contribution in [-0.4, -0.2) is 48.9 Å². The van der Waals surface area contributed by atoms with Gasteiger partial charge in [0.05, 0.1) is 7.11 Å². The highest BCUT2D eigenvalue weighted by atomic mass is 32.1. The summed E-state index contributed by atoms with van der Waals surface area (Å²) in [4.78, 5) is 25.8. The van der Waals surface area contributed by atoms with Gasteiger partial charge in [-0.25, -0.2) is 0 Å². The van der Waals surface area contributed by atoms with Crippen LogP contribution in [0.4, 0.5) is 10.8 Å². The lowest BCUT2D eigenvalue weighted by molar-refractivity contribution is -0.120. The molecule has 0 saturated carbocycles. The van der Waals surface area contributed by atoms with Crippen molar-refractivity contribution in [1.82, 2.24) is 10.2 Å². The average molecular weight is 376 g/mol. The number of amides is 2. The second-order valence-corrected chi connectivity index (χ2v) is 6.74. The van der Waals surface area contributed by atoms with Crippen LogP contribution in [0.1, 0.15) is 24.3 Å². The van der Waals surface area contributed by atoms with E-state index >= 15 is 0 Å². The monoisotopic (exact) mass is 376 g/mol. The summed E-state index contributed by atoms with van der Waals surface area (Å²) in [6.07, 6.45) is 0.369. The summed E-state index contributed by atoms with van der Waals surface area (Å²) >= 11 is 1.29. The molecule has 1 atom stereocenters. The number of aromatic nitrogens is 2. The molecule has 138 valence electrons. The third-order valence-electron chi connectivity index (χ3n) is 3.98. The molecule has 0 spiro atoms. The normalized spacial score (nSPS) is 16.8. The molecular formula is C17H20N4O4S. The SMILES string of the molecule is CCOCC(=O)Nc1nnc(C2CC(=O)N(c3ccc(OC)cc3)C2)s1. The lowest BCUT2D eigenvalue weighted by Crippen LogP contribution is -2.24. The maximum atomic E-state index is 12.4. The number of hydrogen-bond donors (Lipinski definition) is 1. The molecule has 1 N–H and O–H groups in total. The molecule has 2 amide bonds. The number of hydrogen-bond acceptors (Lipinski definition) is 7. The van der Waals surface area contributed by atoms with Gasteiger partial charge in [-0.15, -0.1) is 10.2 Å². The van der Waals surface area contributed by atoms with Crippen molar-refractivity contribution in [2.75, 3.05) is 37.1 Å². The fraction of sp³-hybridized carbons (Fsp3) is 0.412. The molecule has 26 heavy (non-hydrogen) atoms. The van der Waals surface area contributed by atoms with Crippen molar-refractivity contribution < 1.29 is 19.1 Å². The first-order valence-corrected chi connectivity index (χ1v) is 9.07. The number of methoxy groups -OCH3 is 1. The van der Waals surface area contributed by atoms with Gasteiger partial charge in [-0.05, 0) is 31.2 Å². The van der Waals surface area contributed by atoms with E-state index < -0.39 is 0 Å². The van der Waals surface area contributed by atoms with Gasteiger partial charge >= 0.3 is 0 Å². The van der Waals surface area contributed by atoms with E-state index in [-0.39, 0.29) is 24.3 Å². The smallest absolute Gasteiger partial charge is 0.252 e. The van der Waals surface area contributed by atoms with Gasteiger partial charge in [0.15, 0.2) is 0 Å². The highest BCUT2D eigenvalue weighted by Crippen LogP contribution is 2.34. The topological polar surface area (TPSA) is 93.7 Å². The molecule has 1 aliphatic rings. The van der Waals surface area contributed by atoms with Crippen LogP contribution < -0.4 is 15.0 Å². The molecule has 1 unspecified atom stereocenters. The van der Waals surface area contributed by atoms with Gasteiger partial charge in [-0.3, -0.25) is 14.9 Å². The number of ether oxygens (including phenoxy) is 2. The Morgan fingerprint density at radius 1 is 1.35 bits per heavy atom. The summed E-state index contributed by atoms with van der Waals surface area (Å²) in [5.74, 6) is 0.474. The highest BCUT2D eigenvalue weighted by Gasteiger charge is 2.34. The first-order valence-electron chi connectivity index (χ1n) is 8.26. The molecule has 1 aliphatic heterocycles. The Kier molecular flexibility index (Phi) is 5.79. The molecular weight excluding hydrogens is 356 g/mol. The van der Waals surface area contributed by atoms with Crippen molar-refractivity contribution in [3.8, 4) is 5.75 Å². The van der Waals surface area contributed by atoms with Crippen molar-refractivity contribution in [3.63, 3.8) is 0 Å². The summed E-state index contributed by atoms with van der Waals surface area (Å²) in [5, 5.41) is 11.9. The van der Waals surface area contributed by atoms with Gasteiger partial charge in [0.1, 0.15) is 17.4 Å². The predicted octanol–water partition coefficient (Wildman–Crippen LogP) is 2.04. The number of carbonyl (C=O) groups excluding carboxylic acids is 2. The minimum atomic E-state index is -0.267. The molecule has 1 fully saturated rings. The Labute approximate surface area is 155 Å². The molecule has 3 rings (SSSR count). The largest absolute Gasteiger partial charge is 0.497 e. The van der Waals surface area contributed by atoms with Gasteiger partial charge in [0.25, 0.3) is 5.91 Å². The lowest BCUT2D eigenvalue weighted by atomic mass is 10.1. The predicted molar refractivity (Wildman–Crippen MR) is 97.7 cm³/mol. The Morgan fingerprint density at radius 2 is 2.12 bits per heavy atom. The van der Waals surface area contributed by atoms with Crippen molar-refractivity contribution >= 4 is 34.0 Å². The van der Waals surface area contributed by atoms with Crippen LogP contribution >= 0.6 is 11.3 Å². The number of nitrogens with one attached hydrogen (secondary N) is 1. The van der Waals surface area contributed by atoms with Crippen molar-refractivity contribution in [3.05, 3.63) is 29.3 Å². The summed E-state index contributed by atoms with van der Waals surface area (Å²) in [6.45, 7) is 2.81. The van der Waals surface area contributed by atoms with Crippen LogP contribution in [0.3, 0.4) is 0 Å². The summed E-state index contributed by atoms with van der Waals surface area (Å²) < 4.78 is 10.2. The van der Waals surface area contributed by atoms with Crippen LogP contribution in [0, 0.1) is 0 Å². The molecule has 2 heterocycles. The zero-order chi connectivity index (χ0) is 18.5. The van der Waals surface area contributed by atoms with Crippen LogP contribution in [-0.2, 0) is 14.3 Å². The lowest BCUT2D eigenvalue weighted by Gasteiger charge is -2.16. The zero-order valence-corrected chi connectivity index (χ0v) is 15.4. The minimum Gasteiger partial charge on any atom is -0.497 e. The fourth-order valence-corrected chi connectivity index (χ4v) is 3.54. The number of anilines is 2. The Hall–Kier alpha value is -2.52. The standard InChI is InChI=1S/C17H20N4O4S/c1-3-25-10-14(22)18-17-20-19-16(26-17)11-8-15(23)21(9-11)12-4-6-13(24-2)7-5-12/h4-7,11H,3,8-10H2,1-2H3,(H,18,20,22). The average Bonchev–Trinajstić information content (AvgIpc) is 3.26. The van der Waals surface area contributed by atoms with Crippen molar-refractivity contribution in [2.24, 2.45) is 0 Å². The summed E-state index contributed by atoms with van der Waals surface area (Å²) in [6, 6.07) is 7.37. The van der Waals surface area contributed by atoms with Crippen LogP contribution in [0.2, 0.25) is 0 Å². The second kappa shape index (κ2) is 8.24. The summed E-state index contributed by atoms with van der Waals surface area (Å²) in [7, 11) is 1.60. The van der Waals surface area contributed by atoms with Gasteiger partial charge in [0, 0.05) is 31.2 Å². The minimum absolute atomic E-state index is 0.0153. The van der Waals surface area contributed by atoms with Gasteiger partial charge in [-0.1, -0.05) is 11.3 Å². The molecule has 2 aromatic rings. The molecule has 8 nitrogen and oxygen atoms in total. The maximum Gasteiger partial charge on any atom is 0.252 e. The van der Waals surface area contributed by atoms with Gasteiger partial charge < -0.3 is 14.4 Å². The molecule has 1 aromatic carbocycles. The van der Waals surface area contributed by atoms with E-state index in [1.54, 1.807) is 12.0 Å². The number of benzene rings is 1.